The molecule has 2 heterocycles. The van der Waals surface area contributed by atoms with E-state index in [-0.39, 0.29) is 12.1 Å². The van der Waals surface area contributed by atoms with Crippen LogP contribution in [0.4, 0.5) is 0 Å². The number of nitrogens with zero attached hydrogens (tertiary/aromatic N) is 3. The lowest BCUT2D eigenvalue weighted by molar-refractivity contribution is -0.0561. The van der Waals surface area contributed by atoms with Gasteiger partial charge in [0.15, 0.2) is 0 Å². The van der Waals surface area contributed by atoms with Crippen molar-refractivity contribution in [3.63, 3.8) is 0 Å². The highest BCUT2D eigenvalue weighted by molar-refractivity contribution is 5.13. The van der Waals surface area contributed by atoms with Crippen molar-refractivity contribution >= 4 is 0 Å². The molecule has 0 aromatic carbocycles. The van der Waals surface area contributed by atoms with Crippen molar-refractivity contribution in [3.05, 3.63) is 18.0 Å². The molecule has 1 aliphatic rings. The second-order valence-corrected chi connectivity index (χ2v) is 5.27. The van der Waals surface area contributed by atoms with Gasteiger partial charge in [-0.3, -0.25) is 20.9 Å². The zero-order valence-corrected chi connectivity index (χ0v) is 12.0. The molecule has 0 amide bonds. The molecule has 1 saturated heterocycles. The zero-order valence-electron chi connectivity index (χ0n) is 12.0. The van der Waals surface area contributed by atoms with Gasteiger partial charge in [-0.1, -0.05) is 0 Å². The van der Waals surface area contributed by atoms with E-state index >= 15 is 0 Å². The number of nitrogens with one attached hydrogen (secondary N) is 1. The lowest BCUT2D eigenvalue weighted by atomic mass is 10.0. The Morgan fingerprint density at radius 2 is 2.37 bits per heavy atom. The van der Waals surface area contributed by atoms with Crippen LogP contribution in [0.1, 0.15) is 32.4 Å². The Morgan fingerprint density at radius 3 is 2.95 bits per heavy atom. The Hall–Kier alpha value is -0.950. The van der Waals surface area contributed by atoms with E-state index < -0.39 is 0 Å². The topological polar surface area (TPSA) is 68.3 Å². The van der Waals surface area contributed by atoms with Gasteiger partial charge in [-0.2, -0.15) is 5.10 Å². The maximum atomic E-state index is 5.89. The van der Waals surface area contributed by atoms with Crippen molar-refractivity contribution in [2.45, 2.75) is 45.5 Å². The smallest absolute Gasteiger partial charge is 0.0911 e. The van der Waals surface area contributed by atoms with E-state index in [0.717, 1.165) is 31.8 Å². The lowest BCUT2D eigenvalue weighted by Gasteiger charge is -2.38. The quantitative estimate of drug-likeness (QED) is 0.601. The first-order chi connectivity index (χ1) is 9.15. The molecule has 6 nitrogen and oxygen atoms in total. The molecule has 2 atom stereocenters. The summed E-state index contributed by atoms with van der Waals surface area (Å²) in [7, 11) is 0. The van der Waals surface area contributed by atoms with Crippen LogP contribution >= 0.6 is 0 Å². The standard InChI is InChI=1S/C13H25N5O/c1-4-18-8-11(7-15-18)13(16-14)12-9-17(10(2)3)5-6-19-12/h7-8,10,12-13,16H,4-6,9,14H2,1-3H3. The Balaban J connectivity index is 2.08. The van der Waals surface area contributed by atoms with Crippen LogP contribution < -0.4 is 11.3 Å². The molecular formula is C13H25N5O. The van der Waals surface area contributed by atoms with Gasteiger partial charge in [-0.25, -0.2) is 0 Å². The van der Waals surface area contributed by atoms with Crippen LogP contribution in [0.15, 0.2) is 12.4 Å². The lowest BCUT2D eigenvalue weighted by Crippen LogP contribution is -2.51. The van der Waals surface area contributed by atoms with Gasteiger partial charge < -0.3 is 4.74 Å². The molecule has 0 spiro atoms. The van der Waals surface area contributed by atoms with Crippen LogP contribution in [0.5, 0.6) is 0 Å². The highest BCUT2D eigenvalue weighted by Gasteiger charge is 2.30. The molecule has 2 rings (SSSR count). The third kappa shape index (κ3) is 3.33. The van der Waals surface area contributed by atoms with Gasteiger partial charge >= 0.3 is 0 Å². The molecule has 2 unspecified atom stereocenters. The normalized spacial score (nSPS) is 22.9. The molecule has 1 aromatic heterocycles. The van der Waals surface area contributed by atoms with Gasteiger partial charge in [0.1, 0.15) is 0 Å². The average Bonchev–Trinajstić information content (AvgIpc) is 2.89. The fourth-order valence-corrected chi connectivity index (χ4v) is 2.50. The minimum atomic E-state index is -0.0122. The first kappa shape index (κ1) is 14.5. The number of aryl methyl sites for hydroxylation is 1. The van der Waals surface area contributed by atoms with E-state index in [9.17, 15) is 0 Å². The number of nitrogens with two attached hydrogens (primary N) is 1. The van der Waals surface area contributed by atoms with Crippen LogP contribution in [0, 0.1) is 0 Å². The fourth-order valence-electron chi connectivity index (χ4n) is 2.50. The van der Waals surface area contributed by atoms with Crippen LogP contribution in [0.2, 0.25) is 0 Å². The van der Waals surface area contributed by atoms with Gasteiger partial charge in [0, 0.05) is 37.4 Å². The summed E-state index contributed by atoms with van der Waals surface area (Å²) >= 11 is 0. The molecule has 19 heavy (non-hydrogen) atoms. The summed E-state index contributed by atoms with van der Waals surface area (Å²) in [6.07, 6.45) is 3.96. The minimum Gasteiger partial charge on any atom is -0.374 e. The van der Waals surface area contributed by atoms with Crippen molar-refractivity contribution in [1.29, 1.82) is 0 Å². The molecular weight excluding hydrogens is 242 g/mol. The van der Waals surface area contributed by atoms with Crippen molar-refractivity contribution in [1.82, 2.24) is 20.1 Å². The predicted octanol–water partition coefficient (Wildman–Crippen LogP) is 0.517. The Labute approximate surface area is 114 Å². The summed E-state index contributed by atoms with van der Waals surface area (Å²) < 4.78 is 7.79. The van der Waals surface area contributed by atoms with E-state index in [4.69, 9.17) is 10.6 Å². The summed E-state index contributed by atoms with van der Waals surface area (Å²) in [5.74, 6) is 5.72. The van der Waals surface area contributed by atoms with Crippen molar-refractivity contribution in [2.24, 2.45) is 5.84 Å². The highest BCUT2D eigenvalue weighted by atomic mass is 16.5. The second kappa shape index (κ2) is 6.47. The van der Waals surface area contributed by atoms with Crippen molar-refractivity contribution in [2.75, 3.05) is 19.7 Å². The van der Waals surface area contributed by atoms with Crippen LogP contribution in [0.25, 0.3) is 0 Å². The molecule has 3 N–H and O–H groups in total. The molecule has 0 saturated carbocycles. The molecule has 1 fully saturated rings. The number of morpholine rings is 1. The summed E-state index contributed by atoms with van der Waals surface area (Å²) in [5.41, 5.74) is 3.96. The highest BCUT2D eigenvalue weighted by Crippen LogP contribution is 2.22. The number of rotatable bonds is 5. The van der Waals surface area contributed by atoms with E-state index in [0.29, 0.717) is 6.04 Å². The van der Waals surface area contributed by atoms with E-state index in [1.807, 2.05) is 17.1 Å². The predicted molar refractivity (Wildman–Crippen MR) is 74.4 cm³/mol. The summed E-state index contributed by atoms with van der Waals surface area (Å²) in [6, 6.07) is 0.519. The van der Waals surface area contributed by atoms with Gasteiger partial charge in [0.05, 0.1) is 24.9 Å². The summed E-state index contributed by atoms with van der Waals surface area (Å²) in [4.78, 5) is 2.42. The Bertz CT molecular complexity index is 392. The van der Waals surface area contributed by atoms with Gasteiger partial charge in [0.2, 0.25) is 0 Å². The Kier molecular flexibility index (Phi) is 4.93. The van der Waals surface area contributed by atoms with Crippen LogP contribution in [0.3, 0.4) is 0 Å². The molecule has 0 bridgehead atoms. The number of ether oxygens (including phenoxy) is 1. The monoisotopic (exact) mass is 267 g/mol. The largest absolute Gasteiger partial charge is 0.374 e. The SMILES string of the molecule is CCn1cc(C(NN)C2CN(C(C)C)CCO2)cn1. The molecule has 0 radical (unpaired) electrons. The average molecular weight is 267 g/mol. The first-order valence-corrected chi connectivity index (χ1v) is 6.99. The van der Waals surface area contributed by atoms with Crippen LogP contribution in [-0.2, 0) is 11.3 Å². The maximum absolute atomic E-state index is 5.89. The first-order valence-electron chi connectivity index (χ1n) is 6.99. The fraction of sp³-hybridized carbons (Fsp3) is 0.769. The summed E-state index contributed by atoms with van der Waals surface area (Å²) in [5, 5.41) is 4.30. The maximum Gasteiger partial charge on any atom is 0.0911 e. The van der Waals surface area contributed by atoms with Crippen molar-refractivity contribution < 1.29 is 4.74 Å². The van der Waals surface area contributed by atoms with Crippen LogP contribution in [-0.4, -0.2) is 46.5 Å². The van der Waals surface area contributed by atoms with Gasteiger partial charge in [-0.05, 0) is 20.8 Å². The summed E-state index contributed by atoms with van der Waals surface area (Å²) in [6.45, 7) is 9.98. The van der Waals surface area contributed by atoms with E-state index in [1.165, 1.54) is 0 Å². The second-order valence-electron chi connectivity index (χ2n) is 5.27. The van der Waals surface area contributed by atoms with Gasteiger partial charge in [-0.15, -0.1) is 0 Å². The van der Waals surface area contributed by atoms with E-state index in [2.05, 4.69) is 36.2 Å². The van der Waals surface area contributed by atoms with Crippen molar-refractivity contribution in [3.8, 4) is 0 Å². The molecule has 0 aliphatic carbocycles. The third-order valence-corrected chi connectivity index (χ3v) is 3.74. The number of hydrogen-bond acceptors (Lipinski definition) is 5. The molecule has 108 valence electrons. The molecule has 1 aromatic rings. The molecule has 1 aliphatic heterocycles. The van der Waals surface area contributed by atoms with E-state index in [1.54, 1.807) is 0 Å². The number of aromatic nitrogens is 2. The number of hydrogen-bond donors (Lipinski definition) is 2. The zero-order chi connectivity index (χ0) is 13.8. The minimum absolute atomic E-state index is 0.0122. The Morgan fingerprint density at radius 1 is 1.58 bits per heavy atom. The van der Waals surface area contributed by atoms with Gasteiger partial charge in [0.25, 0.3) is 0 Å². The third-order valence-electron chi connectivity index (χ3n) is 3.74. The number of hydrazine groups is 1. The molecule has 6 heteroatoms.